The van der Waals surface area contributed by atoms with Crippen LogP contribution < -0.4 is 15.2 Å². The van der Waals surface area contributed by atoms with E-state index in [9.17, 15) is 0 Å². The molecule has 0 radical (unpaired) electrons. The van der Waals surface area contributed by atoms with Crippen LogP contribution >= 0.6 is 0 Å². The third kappa shape index (κ3) is 1.72. The molecule has 1 rings (SSSR count). The summed E-state index contributed by atoms with van der Waals surface area (Å²) in [6.07, 6.45) is 0. The molecule has 4 nitrogen and oxygen atoms in total. The predicted molar refractivity (Wildman–Crippen MR) is 53.3 cm³/mol. The van der Waals surface area contributed by atoms with Gasteiger partial charge in [-0.25, -0.2) is 0 Å². The molecular formula is C10H12N2O2. The van der Waals surface area contributed by atoms with Gasteiger partial charge in [-0.2, -0.15) is 5.26 Å². The normalized spacial score (nSPS) is 9.21. The first-order valence-corrected chi connectivity index (χ1v) is 4.24. The molecule has 1 aromatic carbocycles. The fraction of sp³-hybridized carbons (Fsp3) is 0.300. The van der Waals surface area contributed by atoms with Gasteiger partial charge in [-0.05, 0) is 19.1 Å². The topological polar surface area (TPSA) is 68.3 Å². The van der Waals surface area contributed by atoms with Crippen LogP contribution in [0.25, 0.3) is 0 Å². The summed E-state index contributed by atoms with van der Waals surface area (Å²) < 4.78 is 10.2. The molecule has 0 heterocycles. The van der Waals surface area contributed by atoms with E-state index in [0.29, 0.717) is 29.4 Å². The van der Waals surface area contributed by atoms with Crippen molar-refractivity contribution in [1.29, 1.82) is 5.26 Å². The number of nitrogen functional groups attached to an aromatic ring is 1. The van der Waals surface area contributed by atoms with Crippen molar-refractivity contribution in [3.05, 3.63) is 17.7 Å². The van der Waals surface area contributed by atoms with Crippen molar-refractivity contribution in [2.75, 3.05) is 19.5 Å². The molecule has 14 heavy (non-hydrogen) atoms. The number of methoxy groups -OCH3 is 1. The fourth-order valence-corrected chi connectivity index (χ4v) is 1.15. The lowest BCUT2D eigenvalue weighted by Crippen LogP contribution is -2.00. The molecule has 0 saturated carbocycles. The van der Waals surface area contributed by atoms with Gasteiger partial charge in [0.1, 0.15) is 23.1 Å². The standard InChI is InChI=1S/C10H12N2O2/c1-3-14-9-5-4-8(13-2)7(6-11)10(9)12/h4-5H,3,12H2,1-2H3. The Balaban J connectivity index is 3.22. The van der Waals surface area contributed by atoms with E-state index in [1.807, 2.05) is 13.0 Å². The van der Waals surface area contributed by atoms with E-state index in [0.717, 1.165) is 0 Å². The van der Waals surface area contributed by atoms with Crippen LogP contribution in [0.4, 0.5) is 5.69 Å². The molecule has 74 valence electrons. The number of nitrogens with two attached hydrogens (primary N) is 1. The summed E-state index contributed by atoms with van der Waals surface area (Å²) in [5.74, 6) is 0.985. The first kappa shape index (κ1) is 10.2. The first-order chi connectivity index (χ1) is 6.74. The van der Waals surface area contributed by atoms with Gasteiger partial charge in [-0.15, -0.1) is 0 Å². The van der Waals surface area contributed by atoms with Crippen molar-refractivity contribution in [3.63, 3.8) is 0 Å². The highest BCUT2D eigenvalue weighted by Crippen LogP contribution is 2.31. The Morgan fingerprint density at radius 3 is 2.57 bits per heavy atom. The molecule has 0 aliphatic rings. The van der Waals surface area contributed by atoms with E-state index in [-0.39, 0.29) is 0 Å². The minimum Gasteiger partial charge on any atom is -0.495 e. The van der Waals surface area contributed by atoms with Crippen LogP contribution in [-0.2, 0) is 0 Å². The monoisotopic (exact) mass is 192 g/mol. The third-order valence-corrected chi connectivity index (χ3v) is 1.80. The summed E-state index contributed by atoms with van der Waals surface area (Å²) in [5, 5.41) is 8.86. The molecule has 2 N–H and O–H groups in total. The lowest BCUT2D eigenvalue weighted by atomic mass is 10.1. The summed E-state index contributed by atoms with van der Waals surface area (Å²) >= 11 is 0. The molecule has 0 fully saturated rings. The zero-order chi connectivity index (χ0) is 10.6. The Morgan fingerprint density at radius 1 is 1.43 bits per heavy atom. The molecular weight excluding hydrogens is 180 g/mol. The van der Waals surface area contributed by atoms with E-state index in [4.69, 9.17) is 20.5 Å². The molecule has 4 heteroatoms. The van der Waals surface area contributed by atoms with Crippen molar-refractivity contribution in [3.8, 4) is 17.6 Å². The minimum absolute atomic E-state index is 0.318. The van der Waals surface area contributed by atoms with Crippen LogP contribution in [0.5, 0.6) is 11.5 Å². The van der Waals surface area contributed by atoms with E-state index >= 15 is 0 Å². The smallest absolute Gasteiger partial charge is 0.143 e. The van der Waals surface area contributed by atoms with Crippen LogP contribution in [-0.4, -0.2) is 13.7 Å². The van der Waals surface area contributed by atoms with Crippen LogP contribution in [0.1, 0.15) is 12.5 Å². The zero-order valence-corrected chi connectivity index (χ0v) is 8.20. The summed E-state index contributed by atoms with van der Waals surface area (Å²) in [7, 11) is 1.50. The summed E-state index contributed by atoms with van der Waals surface area (Å²) in [5.41, 5.74) is 6.37. The highest BCUT2D eigenvalue weighted by molar-refractivity contribution is 5.68. The second kappa shape index (κ2) is 4.38. The van der Waals surface area contributed by atoms with Crippen LogP contribution in [0.15, 0.2) is 12.1 Å². The van der Waals surface area contributed by atoms with Crippen LogP contribution in [0.3, 0.4) is 0 Å². The Kier molecular flexibility index (Phi) is 3.19. The van der Waals surface area contributed by atoms with Gasteiger partial charge in [0.05, 0.1) is 19.4 Å². The van der Waals surface area contributed by atoms with Gasteiger partial charge in [-0.3, -0.25) is 0 Å². The predicted octanol–water partition coefficient (Wildman–Crippen LogP) is 1.55. The molecule has 0 saturated heterocycles. The van der Waals surface area contributed by atoms with E-state index < -0.39 is 0 Å². The lowest BCUT2D eigenvalue weighted by Gasteiger charge is -2.10. The number of anilines is 1. The van der Waals surface area contributed by atoms with Crippen molar-refractivity contribution < 1.29 is 9.47 Å². The Hall–Kier alpha value is -1.89. The largest absolute Gasteiger partial charge is 0.495 e. The quantitative estimate of drug-likeness (QED) is 0.737. The van der Waals surface area contributed by atoms with E-state index in [1.165, 1.54) is 7.11 Å². The van der Waals surface area contributed by atoms with Gasteiger partial charge < -0.3 is 15.2 Å². The molecule has 1 aromatic rings. The maximum Gasteiger partial charge on any atom is 0.143 e. The number of ether oxygens (including phenoxy) is 2. The Morgan fingerprint density at radius 2 is 2.07 bits per heavy atom. The van der Waals surface area contributed by atoms with Crippen LogP contribution in [0.2, 0.25) is 0 Å². The molecule has 0 spiro atoms. The number of benzene rings is 1. The molecule has 0 unspecified atom stereocenters. The fourth-order valence-electron chi connectivity index (χ4n) is 1.15. The second-order valence-electron chi connectivity index (χ2n) is 2.60. The van der Waals surface area contributed by atoms with Crippen LogP contribution in [0, 0.1) is 11.3 Å². The maximum atomic E-state index is 8.86. The van der Waals surface area contributed by atoms with Gasteiger partial charge in [0.2, 0.25) is 0 Å². The molecule has 0 aromatic heterocycles. The van der Waals surface area contributed by atoms with Gasteiger partial charge in [-0.1, -0.05) is 0 Å². The van der Waals surface area contributed by atoms with Crippen molar-refractivity contribution in [2.45, 2.75) is 6.92 Å². The number of hydrogen-bond donors (Lipinski definition) is 1. The SMILES string of the molecule is CCOc1ccc(OC)c(C#N)c1N. The molecule has 0 aliphatic heterocycles. The number of hydrogen-bond acceptors (Lipinski definition) is 4. The van der Waals surface area contributed by atoms with Gasteiger partial charge in [0.15, 0.2) is 0 Å². The number of nitriles is 1. The molecule has 0 aliphatic carbocycles. The van der Waals surface area contributed by atoms with Gasteiger partial charge in [0.25, 0.3) is 0 Å². The minimum atomic E-state index is 0.318. The summed E-state index contributed by atoms with van der Waals surface area (Å²) in [6.45, 7) is 2.37. The Bertz CT molecular complexity index is 369. The third-order valence-electron chi connectivity index (χ3n) is 1.80. The number of nitrogens with zero attached hydrogens (tertiary/aromatic N) is 1. The average Bonchev–Trinajstić information content (AvgIpc) is 2.21. The highest BCUT2D eigenvalue weighted by Gasteiger charge is 2.11. The maximum absolute atomic E-state index is 8.86. The zero-order valence-electron chi connectivity index (χ0n) is 8.20. The Labute approximate surface area is 82.9 Å². The lowest BCUT2D eigenvalue weighted by molar-refractivity contribution is 0.340. The second-order valence-corrected chi connectivity index (χ2v) is 2.60. The van der Waals surface area contributed by atoms with Crippen molar-refractivity contribution in [2.24, 2.45) is 0 Å². The van der Waals surface area contributed by atoms with Gasteiger partial charge in [0, 0.05) is 0 Å². The highest BCUT2D eigenvalue weighted by atomic mass is 16.5. The molecule has 0 bridgehead atoms. The average molecular weight is 192 g/mol. The number of rotatable bonds is 3. The van der Waals surface area contributed by atoms with Crippen molar-refractivity contribution >= 4 is 5.69 Å². The summed E-state index contributed by atoms with van der Waals surface area (Å²) in [6, 6.07) is 5.34. The van der Waals surface area contributed by atoms with E-state index in [2.05, 4.69) is 0 Å². The van der Waals surface area contributed by atoms with Crippen molar-refractivity contribution in [1.82, 2.24) is 0 Å². The van der Waals surface area contributed by atoms with E-state index in [1.54, 1.807) is 12.1 Å². The molecule has 0 atom stereocenters. The first-order valence-electron chi connectivity index (χ1n) is 4.24. The molecule has 0 amide bonds. The van der Waals surface area contributed by atoms with Gasteiger partial charge >= 0.3 is 0 Å². The summed E-state index contributed by atoms with van der Waals surface area (Å²) in [4.78, 5) is 0.